The van der Waals surface area contributed by atoms with Gasteiger partial charge in [0.1, 0.15) is 5.75 Å². The fourth-order valence-corrected chi connectivity index (χ4v) is 4.36. The molecule has 0 saturated heterocycles. The molecular weight excluding hydrogens is 434 g/mol. The minimum atomic E-state index is 0.694. The van der Waals surface area contributed by atoms with Crippen LogP contribution in [-0.2, 0) is 0 Å². The number of hydrogen-bond acceptors (Lipinski definition) is 6. The maximum absolute atomic E-state index is 6.23. The van der Waals surface area contributed by atoms with Gasteiger partial charge >= 0.3 is 0 Å². The van der Waals surface area contributed by atoms with Crippen molar-refractivity contribution >= 4 is 39.1 Å². The van der Waals surface area contributed by atoms with E-state index in [1.807, 2.05) is 30.3 Å². The average Bonchev–Trinajstić information content (AvgIpc) is 2.83. The number of nitrogens with one attached hydrogen (secondary N) is 1. The van der Waals surface area contributed by atoms with Gasteiger partial charge in [-0.05, 0) is 101 Å². The number of halogens is 1. The minimum absolute atomic E-state index is 0.694. The number of unbranched alkanes of at least 4 members (excludes halogenated alkanes) is 3. The van der Waals surface area contributed by atoms with E-state index in [2.05, 4.69) is 16.3 Å². The van der Waals surface area contributed by atoms with E-state index in [0.29, 0.717) is 5.02 Å². The Kier molecular flexibility index (Phi) is 10.5. The zero-order valence-electron chi connectivity index (χ0n) is 19.8. The highest BCUT2D eigenvalue weighted by Crippen LogP contribution is 2.34. The fraction of sp³-hybridized carbons (Fsp3) is 0.500. The fourth-order valence-electron chi connectivity index (χ4n) is 4.19. The molecule has 0 aliphatic heterocycles. The lowest BCUT2D eigenvalue weighted by atomic mass is 10.1. The zero-order valence-corrected chi connectivity index (χ0v) is 20.5. The number of nitrogens with two attached hydrogens (primary N) is 2. The Morgan fingerprint density at radius 2 is 1.61 bits per heavy atom. The SMILES string of the molecule is COc1ccc2nc3cc(Cl)ccc3c(NCCCCCN(CCCN)CCCCN)c2c1. The molecule has 180 valence electrons. The number of fused-ring (bicyclic) bond motifs is 2. The Morgan fingerprint density at radius 1 is 0.848 bits per heavy atom. The summed E-state index contributed by atoms with van der Waals surface area (Å²) in [5.41, 5.74) is 14.3. The molecule has 3 aromatic rings. The van der Waals surface area contributed by atoms with Gasteiger partial charge < -0.3 is 26.4 Å². The van der Waals surface area contributed by atoms with E-state index in [-0.39, 0.29) is 0 Å². The normalized spacial score (nSPS) is 11.5. The van der Waals surface area contributed by atoms with Crippen LogP contribution in [0.1, 0.15) is 38.5 Å². The van der Waals surface area contributed by atoms with Crippen molar-refractivity contribution in [3.05, 3.63) is 41.4 Å². The van der Waals surface area contributed by atoms with Gasteiger partial charge in [-0.1, -0.05) is 18.0 Å². The van der Waals surface area contributed by atoms with E-state index >= 15 is 0 Å². The van der Waals surface area contributed by atoms with Gasteiger partial charge in [0.2, 0.25) is 0 Å². The number of ether oxygens (including phenoxy) is 1. The number of hydrogen-bond donors (Lipinski definition) is 3. The van der Waals surface area contributed by atoms with Crippen LogP contribution in [0.25, 0.3) is 21.8 Å². The quantitative estimate of drug-likeness (QED) is 0.213. The molecule has 0 unspecified atom stereocenters. The van der Waals surface area contributed by atoms with Crippen LogP contribution < -0.4 is 21.5 Å². The summed E-state index contributed by atoms with van der Waals surface area (Å²) >= 11 is 6.23. The van der Waals surface area contributed by atoms with Gasteiger partial charge in [0, 0.05) is 22.3 Å². The molecule has 1 heterocycles. The second-order valence-corrected chi connectivity index (χ2v) is 8.93. The maximum Gasteiger partial charge on any atom is 0.119 e. The first kappa shape index (κ1) is 25.5. The second-order valence-electron chi connectivity index (χ2n) is 8.50. The average molecular weight is 472 g/mol. The van der Waals surface area contributed by atoms with Gasteiger partial charge in [-0.15, -0.1) is 0 Å². The molecular formula is C26H38ClN5O. The van der Waals surface area contributed by atoms with E-state index in [9.17, 15) is 0 Å². The van der Waals surface area contributed by atoms with Crippen LogP contribution in [0, 0.1) is 0 Å². The van der Waals surface area contributed by atoms with Crippen molar-refractivity contribution in [2.45, 2.75) is 38.5 Å². The summed E-state index contributed by atoms with van der Waals surface area (Å²) in [5.74, 6) is 0.827. The van der Waals surface area contributed by atoms with Crippen LogP contribution in [0.4, 0.5) is 5.69 Å². The number of anilines is 1. The molecule has 5 N–H and O–H groups in total. The lowest BCUT2D eigenvalue weighted by Crippen LogP contribution is -2.29. The number of pyridine rings is 1. The first-order valence-electron chi connectivity index (χ1n) is 12.1. The van der Waals surface area contributed by atoms with Gasteiger partial charge in [0.25, 0.3) is 0 Å². The van der Waals surface area contributed by atoms with Gasteiger partial charge in [-0.3, -0.25) is 0 Å². The maximum atomic E-state index is 6.23. The number of aromatic nitrogens is 1. The predicted molar refractivity (Wildman–Crippen MR) is 142 cm³/mol. The standard InChI is InChI=1S/C26H38ClN5O/c1-33-21-9-11-24-23(19-21)26(22-10-8-20(27)18-25(22)31-24)30-14-4-2-5-15-32(17-7-13-29)16-6-3-12-28/h8-11,18-19H,2-7,12-17,28-29H2,1H3,(H,30,31). The Morgan fingerprint density at radius 3 is 2.36 bits per heavy atom. The zero-order chi connectivity index (χ0) is 23.5. The number of benzene rings is 2. The van der Waals surface area contributed by atoms with Crippen LogP contribution in [-0.4, -0.2) is 56.3 Å². The third kappa shape index (κ3) is 7.44. The molecule has 0 saturated carbocycles. The number of rotatable bonds is 15. The molecule has 0 spiro atoms. The molecule has 0 fully saturated rings. The largest absolute Gasteiger partial charge is 0.497 e. The van der Waals surface area contributed by atoms with Crippen molar-refractivity contribution < 1.29 is 4.74 Å². The monoisotopic (exact) mass is 471 g/mol. The van der Waals surface area contributed by atoms with Crippen LogP contribution >= 0.6 is 11.6 Å². The summed E-state index contributed by atoms with van der Waals surface area (Å²) in [6.07, 6.45) is 6.79. The summed E-state index contributed by atoms with van der Waals surface area (Å²) in [4.78, 5) is 7.34. The molecule has 33 heavy (non-hydrogen) atoms. The molecule has 2 aromatic carbocycles. The molecule has 3 rings (SSSR count). The van der Waals surface area contributed by atoms with Crippen LogP contribution in [0.2, 0.25) is 5.02 Å². The highest BCUT2D eigenvalue weighted by Gasteiger charge is 2.11. The Hall–Kier alpha value is -2.12. The van der Waals surface area contributed by atoms with Gasteiger partial charge in [0.15, 0.2) is 0 Å². The molecule has 0 bridgehead atoms. The lowest BCUT2D eigenvalue weighted by molar-refractivity contribution is 0.261. The van der Waals surface area contributed by atoms with E-state index in [0.717, 1.165) is 98.2 Å². The Labute approximate surface area is 202 Å². The van der Waals surface area contributed by atoms with Crippen LogP contribution in [0.5, 0.6) is 5.75 Å². The molecule has 0 aliphatic carbocycles. The molecule has 0 radical (unpaired) electrons. The van der Waals surface area contributed by atoms with E-state index < -0.39 is 0 Å². The van der Waals surface area contributed by atoms with E-state index in [1.54, 1.807) is 7.11 Å². The van der Waals surface area contributed by atoms with E-state index in [1.165, 1.54) is 12.8 Å². The summed E-state index contributed by atoms with van der Waals surface area (Å²) < 4.78 is 5.46. The first-order valence-corrected chi connectivity index (χ1v) is 12.5. The van der Waals surface area contributed by atoms with Gasteiger partial charge in [0.05, 0.1) is 23.8 Å². The van der Waals surface area contributed by atoms with Crippen LogP contribution in [0.3, 0.4) is 0 Å². The molecule has 0 amide bonds. The number of methoxy groups -OCH3 is 1. The predicted octanol–water partition coefficient (Wildman–Crippen LogP) is 5.02. The summed E-state index contributed by atoms with van der Waals surface area (Å²) in [5, 5.41) is 6.52. The molecule has 7 heteroatoms. The van der Waals surface area contributed by atoms with Crippen molar-refractivity contribution in [1.29, 1.82) is 0 Å². The van der Waals surface area contributed by atoms with Crippen molar-refractivity contribution in [2.75, 3.05) is 51.7 Å². The summed E-state index contributed by atoms with van der Waals surface area (Å²) in [6, 6.07) is 11.9. The topological polar surface area (TPSA) is 89.4 Å². The van der Waals surface area contributed by atoms with Gasteiger partial charge in [-0.25, -0.2) is 4.98 Å². The van der Waals surface area contributed by atoms with Crippen LogP contribution in [0.15, 0.2) is 36.4 Å². The summed E-state index contributed by atoms with van der Waals surface area (Å²) in [7, 11) is 1.69. The van der Waals surface area contributed by atoms with Gasteiger partial charge in [-0.2, -0.15) is 0 Å². The first-order chi connectivity index (χ1) is 16.2. The molecule has 1 aromatic heterocycles. The third-order valence-corrected chi connectivity index (χ3v) is 6.24. The smallest absolute Gasteiger partial charge is 0.119 e. The van der Waals surface area contributed by atoms with Crippen molar-refractivity contribution in [2.24, 2.45) is 11.5 Å². The molecule has 0 atom stereocenters. The highest BCUT2D eigenvalue weighted by molar-refractivity contribution is 6.31. The molecule has 0 aliphatic rings. The second kappa shape index (κ2) is 13.6. The minimum Gasteiger partial charge on any atom is -0.497 e. The Balaban J connectivity index is 1.60. The van der Waals surface area contributed by atoms with Crippen molar-refractivity contribution in [3.8, 4) is 5.75 Å². The van der Waals surface area contributed by atoms with Crippen molar-refractivity contribution in [3.63, 3.8) is 0 Å². The van der Waals surface area contributed by atoms with Crippen molar-refractivity contribution in [1.82, 2.24) is 9.88 Å². The molecule has 6 nitrogen and oxygen atoms in total. The Bertz CT molecular complexity index is 1010. The lowest BCUT2D eigenvalue weighted by Gasteiger charge is -2.22. The highest BCUT2D eigenvalue weighted by atomic mass is 35.5. The summed E-state index contributed by atoms with van der Waals surface area (Å²) in [6.45, 7) is 5.76. The number of nitrogens with zero attached hydrogens (tertiary/aromatic N) is 2. The third-order valence-electron chi connectivity index (χ3n) is 6.00. The van der Waals surface area contributed by atoms with E-state index in [4.69, 9.17) is 32.8 Å².